The number of hydrogen-bond donors (Lipinski definition) is 0. The largest absolute Gasteiger partial charge is 0.423 e. The first-order valence-electron chi connectivity index (χ1n) is 8.83. The van der Waals surface area contributed by atoms with Crippen LogP contribution in [0, 0.1) is 27.4 Å². The van der Waals surface area contributed by atoms with Crippen LogP contribution >= 0.6 is 0 Å². The summed E-state index contributed by atoms with van der Waals surface area (Å²) in [6.07, 6.45) is -3.68. The summed E-state index contributed by atoms with van der Waals surface area (Å²) in [4.78, 5) is 36.8. The van der Waals surface area contributed by atoms with E-state index in [0.29, 0.717) is 18.6 Å². The number of carbonyl (C=O) groups excluding carboxylic acids is 2. The molecule has 0 aromatic heterocycles. The summed E-state index contributed by atoms with van der Waals surface area (Å²) in [5, 5.41) is 10.9. The van der Waals surface area contributed by atoms with E-state index in [4.69, 9.17) is 4.74 Å². The van der Waals surface area contributed by atoms with Crippen molar-refractivity contribution in [2.24, 2.45) is 17.3 Å². The maximum absolute atomic E-state index is 13.3. The molecule has 1 saturated carbocycles. The van der Waals surface area contributed by atoms with Crippen molar-refractivity contribution in [3.8, 4) is 0 Å². The molecule has 0 N–H and O–H groups in total. The Balaban J connectivity index is 1.60. The lowest BCUT2D eigenvalue weighted by Crippen LogP contribution is -2.45. The van der Waals surface area contributed by atoms with E-state index in [-0.39, 0.29) is 11.6 Å². The molecule has 1 aromatic rings. The predicted molar refractivity (Wildman–Crippen MR) is 87.1 cm³/mol. The maximum atomic E-state index is 13.3. The van der Waals surface area contributed by atoms with Gasteiger partial charge in [0.05, 0.1) is 33.1 Å². The number of hydrogen-bond acceptors (Lipinski definition) is 5. The van der Waals surface area contributed by atoms with Crippen molar-refractivity contribution < 1.29 is 32.4 Å². The molecule has 2 unspecified atom stereocenters. The van der Waals surface area contributed by atoms with Crippen molar-refractivity contribution >= 4 is 23.2 Å². The number of nitro groups is 1. The zero-order valence-corrected chi connectivity index (χ0v) is 14.9. The molecule has 4 aliphatic rings. The van der Waals surface area contributed by atoms with Crippen LogP contribution in [0.5, 0.6) is 0 Å². The minimum Gasteiger partial charge on any atom is -0.368 e. The Hall–Kier alpha value is -2.49. The minimum atomic E-state index is -5.00. The summed E-state index contributed by atoms with van der Waals surface area (Å²) >= 11 is 0. The number of nitrogens with zero attached hydrogens (tertiary/aromatic N) is 2. The summed E-state index contributed by atoms with van der Waals surface area (Å²) in [7, 11) is 0. The number of rotatable bonds is 2. The molecule has 2 amide bonds. The Kier molecular flexibility index (Phi) is 2.87. The third kappa shape index (κ3) is 1.67. The number of alkyl halides is 3. The van der Waals surface area contributed by atoms with Crippen LogP contribution in [0.1, 0.15) is 32.3 Å². The average Bonchev–Trinajstić information content (AvgIpc) is 3.09. The summed E-state index contributed by atoms with van der Waals surface area (Å²) in [6.45, 7) is 3.65. The van der Waals surface area contributed by atoms with Gasteiger partial charge in [-0.3, -0.25) is 19.7 Å². The Morgan fingerprint density at radius 2 is 1.93 bits per heavy atom. The SMILES string of the molecule is CC12CC[C@](C)(O1)[C@]13C(=O)N(c4ccc([N+](=O)[O-])c(C(F)(F)F)c4)C(=O)C1[C@H]23. The number of benzene rings is 1. The molecule has 1 aliphatic carbocycles. The second kappa shape index (κ2) is 4.56. The van der Waals surface area contributed by atoms with Crippen LogP contribution in [0.15, 0.2) is 18.2 Å². The number of anilines is 1. The van der Waals surface area contributed by atoms with Crippen molar-refractivity contribution in [2.75, 3.05) is 4.90 Å². The van der Waals surface area contributed by atoms with Crippen LogP contribution in [-0.2, 0) is 20.5 Å². The summed E-state index contributed by atoms with van der Waals surface area (Å²) in [5.41, 5.74) is -5.37. The van der Waals surface area contributed by atoms with Crippen molar-refractivity contribution in [1.29, 1.82) is 0 Å². The molecule has 5 rings (SSSR count). The molecule has 2 bridgehead atoms. The highest BCUT2D eigenvalue weighted by atomic mass is 19.4. The quantitative estimate of drug-likeness (QED) is 0.435. The summed E-state index contributed by atoms with van der Waals surface area (Å²) in [5.74, 6) is -2.01. The zero-order chi connectivity index (χ0) is 20.4. The van der Waals surface area contributed by atoms with Gasteiger partial charge in [0.1, 0.15) is 5.56 Å². The van der Waals surface area contributed by atoms with Crippen molar-refractivity contribution in [3.63, 3.8) is 0 Å². The van der Waals surface area contributed by atoms with Gasteiger partial charge in [0.25, 0.3) is 5.69 Å². The molecule has 3 heterocycles. The lowest BCUT2D eigenvalue weighted by atomic mass is 9.74. The fraction of sp³-hybridized carbons (Fsp3) is 0.556. The molecule has 3 saturated heterocycles. The van der Waals surface area contributed by atoms with E-state index in [0.717, 1.165) is 17.4 Å². The smallest absolute Gasteiger partial charge is 0.368 e. The second-order valence-corrected chi connectivity index (χ2v) is 8.41. The average molecular weight is 396 g/mol. The standard InChI is InChI=1S/C18H15F3N2O5/c1-15-5-6-16(2,28-15)17-11(12(15)17)13(24)22(14(17)25)8-3-4-10(23(26)27)9(7-8)18(19,20)21/h3-4,7,11-12H,5-6H2,1-2H3/t11?,12-,15?,16+,17-/m1/s1. The van der Waals surface area contributed by atoms with Crippen LogP contribution < -0.4 is 4.90 Å². The first kappa shape index (κ1) is 17.6. The van der Waals surface area contributed by atoms with Gasteiger partial charge in [-0.1, -0.05) is 0 Å². The van der Waals surface area contributed by atoms with E-state index in [1.54, 1.807) is 6.92 Å². The lowest BCUT2D eigenvalue weighted by molar-refractivity contribution is -0.388. The van der Waals surface area contributed by atoms with Crippen molar-refractivity contribution in [2.45, 2.75) is 44.1 Å². The van der Waals surface area contributed by atoms with Gasteiger partial charge in [-0.15, -0.1) is 0 Å². The molecule has 1 aromatic carbocycles. The molecule has 10 heteroatoms. The molecule has 148 valence electrons. The van der Waals surface area contributed by atoms with E-state index < -0.39 is 56.7 Å². The molecule has 28 heavy (non-hydrogen) atoms. The van der Waals surface area contributed by atoms with Gasteiger partial charge >= 0.3 is 6.18 Å². The fourth-order valence-corrected chi connectivity index (χ4v) is 6.04. The van der Waals surface area contributed by atoms with Crippen LogP contribution in [0.3, 0.4) is 0 Å². The number of nitro benzene ring substituents is 1. The number of imide groups is 1. The van der Waals surface area contributed by atoms with Gasteiger partial charge in [0.15, 0.2) is 0 Å². The minimum absolute atomic E-state index is 0.268. The first-order chi connectivity index (χ1) is 12.9. The van der Waals surface area contributed by atoms with E-state index >= 15 is 0 Å². The van der Waals surface area contributed by atoms with Crippen LogP contribution in [0.2, 0.25) is 0 Å². The molecular formula is C18H15F3N2O5. The molecule has 0 radical (unpaired) electrons. The highest BCUT2D eigenvalue weighted by molar-refractivity contribution is 6.28. The van der Waals surface area contributed by atoms with Gasteiger partial charge in [-0.05, 0) is 38.8 Å². The van der Waals surface area contributed by atoms with E-state index in [1.807, 2.05) is 6.92 Å². The van der Waals surface area contributed by atoms with Crippen molar-refractivity contribution in [1.82, 2.24) is 0 Å². The maximum Gasteiger partial charge on any atom is 0.423 e. The summed E-state index contributed by atoms with van der Waals surface area (Å²) < 4.78 is 45.9. The second-order valence-electron chi connectivity index (χ2n) is 8.41. The molecule has 7 nitrogen and oxygen atoms in total. The van der Waals surface area contributed by atoms with Gasteiger partial charge in [-0.2, -0.15) is 13.2 Å². The van der Waals surface area contributed by atoms with Gasteiger partial charge in [-0.25, -0.2) is 4.90 Å². The highest BCUT2D eigenvalue weighted by Crippen LogP contribution is 2.83. The molecule has 1 spiro atoms. The Labute approximate surface area is 156 Å². The van der Waals surface area contributed by atoms with E-state index in [2.05, 4.69) is 0 Å². The predicted octanol–water partition coefficient (Wildman–Crippen LogP) is 3.06. The topological polar surface area (TPSA) is 89.8 Å². The third-order valence-electron chi connectivity index (χ3n) is 7.08. The molecular weight excluding hydrogens is 381 g/mol. The van der Waals surface area contributed by atoms with Crippen LogP contribution in [0.25, 0.3) is 0 Å². The number of piperidine rings is 1. The van der Waals surface area contributed by atoms with Gasteiger partial charge < -0.3 is 4.74 Å². The number of ether oxygens (including phenoxy) is 1. The summed E-state index contributed by atoms with van der Waals surface area (Å²) in [6, 6.07) is 2.19. The Morgan fingerprint density at radius 3 is 2.54 bits per heavy atom. The van der Waals surface area contributed by atoms with Crippen molar-refractivity contribution in [3.05, 3.63) is 33.9 Å². The Bertz CT molecular complexity index is 994. The normalized spacial score (nSPS) is 40.7. The van der Waals surface area contributed by atoms with Crippen LogP contribution in [-0.4, -0.2) is 27.9 Å². The number of amides is 2. The van der Waals surface area contributed by atoms with Gasteiger partial charge in [0.2, 0.25) is 11.8 Å². The highest BCUT2D eigenvalue weighted by Gasteiger charge is 2.94. The third-order valence-corrected chi connectivity index (χ3v) is 7.08. The number of halogens is 3. The van der Waals surface area contributed by atoms with E-state index in [9.17, 15) is 32.9 Å². The zero-order valence-electron chi connectivity index (χ0n) is 14.9. The fourth-order valence-electron chi connectivity index (χ4n) is 6.04. The lowest BCUT2D eigenvalue weighted by Gasteiger charge is -2.30. The van der Waals surface area contributed by atoms with Crippen LogP contribution in [0.4, 0.5) is 24.5 Å². The monoisotopic (exact) mass is 396 g/mol. The van der Waals surface area contributed by atoms with E-state index in [1.165, 1.54) is 0 Å². The Morgan fingerprint density at radius 1 is 1.25 bits per heavy atom. The molecule has 3 aliphatic heterocycles. The first-order valence-corrected chi connectivity index (χ1v) is 8.83. The molecule has 4 fully saturated rings. The number of fused-ring (bicyclic) bond motifs is 4. The van der Waals surface area contributed by atoms with Gasteiger partial charge in [0, 0.05) is 12.0 Å². The molecule has 5 atom stereocenters. The number of carbonyl (C=O) groups is 2.